The Morgan fingerprint density at radius 1 is 1.47 bits per heavy atom. The maximum atomic E-state index is 8.89. The van der Waals surface area contributed by atoms with Crippen LogP contribution >= 0.6 is 0 Å². The first-order chi connectivity index (χ1) is 9.36. The van der Waals surface area contributed by atoms with Gasteiger partial charge in [0.05, 0.1) is 18.2 Å². The molecule has 2 rings (SSSR count). The molecule has 19 heavy (non-hydrogen) atoms. The Kier molecular flexibility index (Phi) is 5.31. The first-order valence-electron chi connectivity index (χ1n) is 6.72. The average molecular weight is 264 g/mol. The highest BCUT2D eigenvalue weighted by atomic mass is 16.5. The fraction of sp³-hybridized carbons (Fsp3) is 0.769. The first-order valence-corrected chi connectivity index (χ1v) is 6.72. The van der Waals surface area contributed by atoms with Crippen molar-refractivity contribution in [2.75, 3.05) is 26.9 Å². The van der Waals surface area contributed by atoms with Crippen molar-refractivity contribution < 1.29 is 9.47 Å². The van der Waals surface area contributed by atoms with Gasteiger partial charge in [-0.3, -0.25) is 0 Å². The minimum atomic E-state index is 0.330. The van der Waals surface area contributed by atoms with E-state index in [-0.39, 0.29) is 0 Å². The summed E-state index contributed by atoms with van der Waals surface area (Å²) in [6.45, 7) is 3.06. The van der Waals surface area contributed by atoms with Gasteiger partial charge in [-0.05, 0) is 19.3 Å². The Morgan fingerprint density at radius 3 is 2.95 bits per heavy atom. The van der Waals surface area contributed by atoms with Crippen molar-refractivity contribution in [1.29, 1.82) is 5.26 Å². The summed E-state index contributed by atoms with van der Waals surface area (Å²) < 4.78 is 12.4. The average Bonchev–Trinajstić information content (AvgIpc) is 2.84. The van der Waals surface area contributed by atoms with Crippen LogP contribution < -0.4 is 0 Å². The molecule has 0 atom stereocenters. The van der Waals surface area contributed by atoms with Crippen LogP contribution in [0.15, 0.2) is 0 Å². The molecule has 104 valence electrons. The van der Waals surface area contributed by atoms with Crippen LogP contribution in [0.3, 0.4) is 0 Å². The second-order valence-electron chi connectivity index (χ2n) is 4.71. The molecule has 0 unspecified atom stereocenters. The summed E-state index contributed by atoms with van der Waals surface area (Å²) in [5.74, 6) is 0.412. The van der Waals surface area contributed by atoms with Gasteiger partial charge in [0.25, 0.3) is 0 Å². The van der Waals surface area contributed by atoms with E-state index in [0.29, 0.717) is 18.9 Å². The summed E-state index contributed by atoms with van der Waals surface area (Å²) in [6, 6.07) is 2.17. The Balaban J connectivity index is 2.15. The number of nitriles is 1. The molecule has 1 aromatic rings. The van der Waals surface area contributed by atoms with Crippen LogP contribution in [0.25, 0.3) is 0 Å². The highest BCUT2D eigenvalue weighted by molar-refractivity contribution is 5.19. The summed E-state index contributed by atoms with van der Waals surface area (Å²) in [6.07, 6.45) is 3.20. The molecule has 1 aliphatic heterocycles. The fourth-order valence-electron chi connectivity index (χ4n) is 2.50. The van der Waals surface area contributed by atoms with Crippen molar-refractivity contribution in [2.45, 2.75) is 38.1 Å². The summed E-state index contributed by atoms with van der Waals surface area (Å²) in [5.41, 5.74) is 1.95. The van der Waals surface area contributed by atoms with Crippen molar-refractivity contribution in [1.82, 2.24) is 15.0 Å². The van der Waals surface area contributed by atoms with Crippen LogP contribution in [0.5, 0.6) is 0 Å². The normalized spacial score (nSPS) is 16.4. The molecule has 1 saturated heterocycles. The van der Waals surface area contributed by atoms with E-state index in [2.05, 4.69) is 16.4 Å². The van der Waals surface area contributed by atoms with Crippen molar-refractivity contribution in [3.63, 3.8) is 0 Å². The highest BCUT2D eigenvalue weighted by Crippen LogP contribution is 2.28. The van der Waals surface area contributed by atoms with Gasteiger partial charge in [0.2, 0.25) is 0 Å². The Labute approximate surface area is 113 Å². The number of aromatic nitrogens is 3. The topological polar surface area (TPSA) is 73.0 Å². The maximum Gasteiger partial charge on any atom is 0.100 e. The van der Waals surface area contributed by atoms with Gasteiger partial charge in [-0.25, -0.2) is 4.68 Å². The molecule has 1 fully saturated rings. The quantitative estimate of drug-likeness (QED) is 0.723. The minimum absolute atomic E-state index is 0.330. The molecule has 0 saturated carbocycles. The molecule has 0 aromatic carbocycles. The third-order valence-electron chi connectivity index (χ3n) is 3.42. The van der Waals surface area contributed by atoms with Gasteiger partial charge in [-0.1, -0.05) is 5.21 Å². The number of methoxy groups -OCH3 is 1. The number of nitrogens with zero attached hydrogens (tertiary/aromatic N) is 4. The second-order valence-corrected chi connectivity index (χ2v) is 4.71. The lowest BCUT2D eigenvalue weighted by Crippen LogP contribution is -2.19. The molecule has 0 amide bonds. The van der Waals surface area contributed by atoms with Gasteiger partial charge >= 0.3 is 0 Å². The predicted molar refractivity (Wildman–Crippen MR) is 68.6 cm³/mol. The molecule has 2 heterocycles. The van der Waals surface area contributed by atoms with Gasteiger partial charge in [0, 0.05) is 39.4 Å². The fourth-order valence-corrected chi connectivity index (χ4v) is 2.50. The van der Waals surface area contributed by atoms with Crippen molar-refractivity contribution in [3.8, 4) is 6.07 Å². The first kappa shape index (κ1) is 14.0. The van der Waals surface area contributed by atoms with E-state index in [1.54, 1.807) is 7.11 Å². The molecule has 0 bridgehead atoms. The summed E-state index contributed by atoms with van der Waals surface area (Å²) in [4.78, 5) is 0. The van der Waals surface area contributed by atoms with Gasteiger partial charge < -0.3 is 9.47 Å². The van der Waals surface area contributed by atoms with E-state index in [1.165, 1.54) is 0 Å². The standard InChI is InChI=1S/C13H20N4O2/c1-18-8-2-7-17-13(11-4-9-19-10-5-11)12(3-6-14)15-16-17/h11H,2-5,7-10H2,1H3. The number of aryl methyl sites for hydroxylation is 1. The molecule has 0 aliphatic carbocycles. The molecular formula is C13H20N4O2. The molecule has 1 aliphatic rings. The van der Waals surface area contributed by atoms with E-state index < -0.39 is 0 Å². The van der Waals surface area contributed by atoms with Gasteiger partial charge in [-0.15, -0.1) is 5.10 Å². The summed E-state index contributed by atoms with van der Waals surface area (Å²) in [7, 11) is 1.70. The lowest BCUT2D eigenvalue weighted by Gasteiger charge is -2.23. The highest BCUT2D eigenvalue weighted by Gasteiger charge is 2.24. The van der Waals surface area contributed by atoms with E-state index in [1.807, 2.05) is 4.68 Å². The Bertz CT molecular complexity index is 432. The monoisotopic (exact) mass is 264 g/mol. The van der Waals surface area contributed by atoms with Crippen molar-refractivity contribution >= 4 is 0 Å². The molecular weight excluding hydrogens is 244 g/mol. The number of hydrogen-bond acceptors (Lipinski definition) is 5. The molecule has 6 nitrogen and oxygen atoms in total. The van der Waals surface area contributed by atoms with E-state index in [4.69, 9.17) is 14.7 Å². The number of ether oxygens (including phenoxy) is 2. The molecule has 1 aromatic heterocycles. The van der Waals surface area contributed by atoms with Crippen LogP contribution in [-0.4, -0.2) is 41.9 Å². The van der Waals surface area contributed by atoms with Crippen LogP contribution in [-0.2, 0) is 22.4 Å². The van der Waals surface area contributed by atoms with Crippen LogP contribution in [0, 0.1) is 11.3 Å². The molecule has 0 N–H and O–H groups in total. The lowest BCUT2D eigenvalue weighted by atomic mass is 9.94. The number of hydrogen-bond donors (Lipinski definition) is 0. The van der Waals surface area contributed by atoms with Crippen LogP contribution in [0.1, 0.15) is 36.6 Å². The zero-order chi connectivity index (χ0) is 13.5. The Morgan fingerprint density at radius 2 is 2.26 bits per heavy atom. The third kappa shape index (κ3) is 3.52. The zero-order valence-electron chi connectivity index (χ0n) is 11.3. The van der Waals surface area contributed by atoms with Gasteiger partial charge in [0.15, 0.2) is 0 Å². The lowest BCUT2D eigenvalue weighted by molar-refractivity contribution is 0.0831. The predicted octanol–water partition coefficient (Wildman–Crippen LogP) is 1.27. The summed E-state index contributed by atoms with van der Waals surface area (Å²) >= 11 is 0. The molecule has 6 heteroatoms. The van der Waals surface area contributed by atoms with Crippen LogP contribution in [0.4, 0.5) is 0 Å². The SMILES string of the molecule is COCCCn1nnc(CC#N)c1C1CCOCC1. The summed E-state index contributed by atoms with van der Waals surface area (Å²) in [5, 5.41) is 17.3. The second kappa shape index (κ2) is 7.22. The minimum Gasteiger partial charge on any atom is -0.385 e. The van der Waals surface area contributed by atoms with Gasteiger partial charge in [-0.2, -0.15) is 5.26 Å². The largest absolute Gasteiger partial charge is 0.385 e. The number of rotatable bonds is 6. The smallest absolute Gasteiger partial charge is 0.100 e. The zero-order valence-corrected chi connectivity index (χ0v) is 11.3. The molecule has 0 radical (unpaired) electrons. The van der Waals surface area contributed by atoms with E-state index in [9.17, 15) is 0 Å². The molecule has 0 spiro atoms. The van der Waals surface area contributed by atoms with E-state index in [0.717, 1.165) is 50.4 Å². The van der Waals surface area contributed by atoms with Crippen molar-refractivity contribution in [2.24, 2.45) is 0 Å². The van der Waals surface area contributed by atoms with Crippen molar-refractivity contribution in [3.05, 3.63) is 11.4 Å². The Hall–Kier alpha value is -1.45. The van der Waals surface area contributed by atoms with Crippen LogP contribution in [0.2, 0.25) is 0 Å². The third-order valence-corrected chi connectivity index (χ3v) is 3.42. The maximum absolute atomic E-state index is 8.89. The van der Waals surface area contributed by atoms with E-state index >= 15 is 0 Å². The van der Waals surface area contributed by atoms with Gasteiger partial charge in [0.1, 0.15) is 5.69 Å².